The van der Waals surface area contributed by atoms with Crippen LogP contribution in [0.1, 0.15) is 40.0 Å². The van der Waals surface area contributed by atoms with E-state index in [1.54, 1.807) is 20.8 Å². The number of hydrogen-bond acceptors (Lipinski definition) is 3. The third kappa shape index (κ3) is 6.08. The van der Waals surface area contributed by atoms with Crippen molar-refractivity contribution in [1.82, 2.24) is 5.32 Å². The van der Waals surface area contributed by atoms with Gasteiger partial charge in [0.1, 0.15) is 5.60 Å². The van der Waals surface area contributed by atoms with Gasteiger partial charge in [0.05, 0.1) is 12.5 Å². The van der Waals surface area contributed by atoms with E-state index in [2.05, 4.69) is 5.32 Å². The van der Waals surface area contributed by atoms with Crippen molar-refractivity contribution in [3.8, 4) is 0 Å². The summed E-state index contributed by atoms with van der Waals surface area (Å²) in [7, 11) is 0. The van der Waals surface area contributed by atoms with Crippen LogP contribution in [0.2, 0.25) is 0 Å². The van der Waals surface area contributed by atoms with E-state index in [1.807, 2.05) is 18.2 Å². The summed E-state index contributed by atoms with van der Waals surface area (Å²) in [4.78, 5) is 22.6. The average Bonchev–Trinajstić information content (AvgIpc) is 2.26. The van der Waals surface area contributed by atoms with Crippen LogP contribution in [-0.2, 0) is 9.53 Å². The predicted molar refractivity (Wildman–Crippen MR) is 71.9 cm³/mol. The van der Waals surface area contributed by atoms with Crippen LogP contribution in [0.15, 0.2) is 23.8 Å². The quantitative estimate of drug-likeness (QED) is 0.821. The van der Waals surface area contributed by atoms with E-state index in [0.29, 0.717) is 0 Å². The number of nitrogens with one attached hydrogen (secondary N) is 1. The molecule has 2 N–H and O–H groups in total. The molecule has 0 aromatic carbocycles. The molecular weight excluding hydrogens is 246 g/mol. The Bertz CT molecular complexity index is 404. The van der Waals surface area contributed by atoms with Gasteiger partial charge < -0.3 is 15.2 Å². The molecule has 0 unspecified atom stereocenters. The zero-order valence-corrected chi connectivity index (χ0v) is 11.6. The Hall–Kier alpha value is -1.78. The minimum atomic E-state index is -0.957. The zero-order chi connectivity index (χ0) is 14.5. The molecule has 5 heteroatoms. The van der Waals surface area contributed by atoms with Crippen LogP contribution in [0.5, 0.6) is 0 Å². The summed E-state index contributed by atoms with van der Waals surface area (Å²) in [6.45, 7) is 5.29. The maximum Gasteiger partial charge on any atom is 0.408 e. The van der Waals surface area contributed by atoms with Crippen LogP contribution >= 0.6 is 0 Å². The van der Waals surface area contributed by atoms with Gasteiger partial charge in [-0.05, 0) is 39.2 Å². The molecule has 0 saturated heterocycles. The van der Waals surface area contributed by atoms with E-state index in [-0.39, 0.29) is 6.42 Å². The molecule has 0 aromatic rings. The fraction of sp³-hybridized carbons (Fsp3) is 0.571. The molecule has 1 atom stereocenters. The van der Waals surface area contributed by atoms with Crippen LogP contribution in [0.3, 0.4) is 0 Å². The Kier molecular flexibility index (Phi) is 5.15. The van der Waals surface area contributed by atoms with Gasteiger partial charge in [-0.25, -0.2) is 4.79 Å². The summed E-state index contributed by atoms with van der Waals surface area (Å²) in [6.07, 6.45) is 6.82. The van der Waals surface area contributed by atoms with Crippen LogP contribution in [0.25, 0.3) is 0 Å². The third-order valence-electron chi connectivity index (χ3n) is 2.50. The monoisotopic (exact) mass is 267 g/mol. The standard InChI is InChI=1S/C14H21NO4/c1-14(2,3)19-13(18)15-11(9-12(16)17)10-7-5-4-6-8-10/h5,7-8,11H,4,6,9H2,1-3H3,(H,15,18)(H,16,17)/t11-/m0/s1. The Morgan fingerprint density at radius 3 is 2.58 bits per heavy atom. The first-order valence-electron chi connectivity index (χ1n) is 6.36. The lowest BCUT2D eigenvalue weighted by Gasteiger charge is -2.24. The Morgan fingerprint density at radius 2 is 2.11 bits per heavy atom. The molecule has 106 valence electrons. The number of carboxylic acids is 1. The fourth-order valence-corrected chi connectivity index (χ4v) is 1.77. The molecule has 0 aromatic heterocycles. The summed E-state index contributed by atoms with van der Waals surface area (Å²) in [5.41, 5.74) is 0.216. The summed E-state index contributed by atoms with van der Waals surface area (Å²) >= 11 is 0. The number of hydrogen-bond donors (Lipinski definition) is 2. The number of alkyl carbamates (subject to hydrolysis) is 1. The van der Waals surface area contributed by atoms with Gasteiger partial charge in [-0.3, -0.25) is 4.79 Å². The smallest absolute Gasteiger partial charge is 0.408 e. The van der Waals surface area contributed by atoms with Gasteiger partial charge in [-0.1, -0.05) is 18.2 Å². The van der Waals surface area contributed by atoms with Crippen molar-refractivity contribution in [2.24, 2.45) is 0 Å². The van der Waals surface area contributed by atoms with E-state index in [0.717, 1.165) is 18.4 Å². The molecule has 1 rings (SSSR count). The second-order valence-corrected chi connectivity index (χ2v) is 5.48. The van der Waals surface area contributed by atoms with Crippen molar-refractivity contribution in [2.75, 3.05) is 0 Å². The molecule has 0 saturated carbocycles. The van der Waals surface area contributed by atoms with Gasteiger partial charge in [-0.2, -0.15) is 0 Å². The van der Waals surface area contributed by atoms with E-state index >= 15 is 0 Å². The lowest BCUT2D eigenvalue weighted by atomic mass is 9.98. The van der Waals surface area contributed by atoms with Gasteiger partial charge in [0.2, 0.25) is 0 Å². The van der Waals surface area contributed by atoms with Crippen molar-refractivity contribution < 1.29 is 19.4 Å². The zero-order valence-electron chi connectivity index (χ0n) is 11.6. The van der Waals surface area contributed by atoms with E-state index < -0.39 is 23.7 Å². The Balaban J connectivity index is 2.69. The Morgan fingerprint density at radius 1 is 1.42 bits per heavy atom. The average molecular weight is 267 g/mol. The molecule has 0 heterocycles. The second-order valence-electron chi connectivity index (χ2n) is 5.48. The number of carbonyl (C=O) groups excluding carboxylic acids is 1. The van der Waals surface area contributed by atoms with Gasteiger partial charge in [0, 0.05) is 0 Å². The first-order valence-corrected chi connectivity index (χ1v) is 6.36. The number of aliphatic carboxylic acids is 1. The molecule has 19 heavy (non-hydrogen) atoms. The van der Waals surface area contributed by atoms with Crippen LogP contribution < -0.4 is 5.32 Å². The summed E-state index contributed by atoms with van der Waals surface area (Å²) in [6, 6.07) is -0.552. The van der Waals surface area contributed by atoms with Crippen molar-refractivity contribution in [2.45, 2.75) is 51.7 Å². The van der Waals surface area contributed by atoms with Crippen LogP contribution in [0, 0.1) is 0 Å². The highest BCUT2D eigenvalue weighted by atomic mass is 16.6. The van der Waals surface area contributed by atoms with E-state index in [9.17, 15) is 9.59 Å². The summed E-state index contributed by atoms with van der Waals surface area (Å²) in [5, 5.41) is 11.5. The molecule has 0 aliphatic heterocycles. The van der Waals surface area contributed by atoms with E-state index in [1.165, 1.54) is 0 Å². The number of carboxylic acid groups (broad SMARTS) is 1. The largest absolute Gasteiger partial charge is 0.481 e. The highest BCUT2D eigenvalue weighted by Gasteiger charge is 2.23. The number of allylic oxidation sites excluding steroid dienone is 2. The first kappa shape index (κ1) is 15.3. The normalized spacial score (nSPS) is 16.5. The maximum absolute atomic E-state index is 11.7. The maximum atomic E-state index is 11.7. The molecule has 0 bridgehead atoms. The summed E-state index contributed by atoms with van der Waals surface area (Å²) < 4.78 is 5.15. The second kappa shape index (κ2) is 6.41. The molecule has 5 nitrogen and oxygen atoms in total. The lowest BCUT2D eigenvalue weighted by Crippen LogP contribution is -2.41. The van der Waals surface area contributed by atoms with Crippen LogP contribution in [-0.4, -0.2) is 28.8 Å². The number of rotatable bonds is 4. The topological polar surface area (TPSA) is 75.6 Å². The van der Waals surface area contributed by atoms with Crippen molar-refractivity contribution >= 4 is 12.1 Å². The number of ether oxygens (including phenoxy) is 1. The van der Waals surface area contributed by atoms with Crippen molar-refractivity contribution in [3.05, 3.63) is 23.8 Å². The molecule has 1 aliphatic rings. The Labute approximate surface area is 113 Å². The SMILES string of the molecule is CC(C)(C)OC(=O)N[C@@H](CC(=O)O)C1=CCCC=C1. The van der Waals surface area contributed by atoms with Gasteiger partial charge in [0.15, 0.2) is 0 Å². The molecular formula is C14H21NO4. The number of amides is 1. The third-order valence-corrected chi connectivity index (χ3v) is 2.50. The highest BCUT2D eigenvalue weighted by Crippen LogP contribution is 2.17. The molecule has 0 radical (unpaired) electrons. The van der Waals surface area contributed by atoms with Gasteiger partial charge >= 0.3 is 12.1 Å². The minimum Gasteiger partial charge on any atom is -0.481 e. The lowest BCUT2D eigenvalue weighted by molar-refractivity contribution is -0.137. The fourth-order valence-electron chi connectivity index (χ4n) is 1.77. The van der Waals surface area contributed by atoms with Crippen molar-refractivity contribution in [1.29, 1.82) is 0 Å². The molecule has 1 aliphatic carbocycles. The minimum absolute atomic E-state index is 0.157. The molecule has 0 fully saturated rings. The van der Waals surface area contributed by atoms with Gasteiger partial charge in [-0.15, -0.1) is 0 Å². The summed E-state index contributed by atoms with van der Waals surface area (Å²) in [5.74, 6) is -0.957. The predicted octanol–water partition coefficient (Wildman–Crippen LogP) is 2.63. The molecule has 0 spiro atoms. The first-order chi connectivity index (χ1) is 8.78. The molecule has 1 amide bonds. The number of carbonyl (C=O) groups is 2. The van der Waals surface area contributed by atoms with Crippen LogP contribution in [0.4, 0.5) is 4.79 Å². The highest BCUT2D eigenvalue weighted by molar-refractivity contribution is 5.73. The van der Waals surface area contributed by atoms with E-state index in [4.69, 9.17) is 9.84 Å². The van der Waals surface area contributed by atoms with Crippen molar-refractivity contribution in [3.63, 3.8) is 0 Å². The van der Waals surface area contributed by atoms with Gasteiger partial charge in [0.25, 0.3) is 0 Å².